The van der Waals surface area contributed by atoms with E-state index in [9.17, 15) is 0 Å². The van der Waals surface area contributed by atoms with Crippen LogP contribution in [0.4, 0.5) is 0 Å². The Morgan fingerprint density at radius 1 is 1.60 bits per heavy atom. The molecule has 0 aliphatic heterocycles. The van der Waals surface area contributed by atoms with Gasteiger partial charge in [0, 0.05) is 18.1 Å². The molecule has 4 heteroatoms. The van der Waals surface area contributed by atoms with Crippen LogP contribution in [0.15, 0.2) is 0 Å². The van der Waals surface area contributed by atoms with E-state index in [1.165, 1.54) is 0 Å². The van der Waals surface area contributed by atoms with Crippen LogP contribution in [0.25, 0.3) is 0 Å². The Kier molecular flexibility index (Phi) is 8.93. The van der Waals surface area contributed by atoms with Crippen LogP contribution in [0.3, 0.4) is 0 Å². The molecule has 1 unspecified atom stereocenters. The molecule has 0 heterocycles. The lowest BCUT2D eigenvalue weighted by molar-refractivity contribution is 0.164. The van der Waals surface area contributed by atoms with Crippen molar-refractivity contribution in [3.63, 3.8) is 0 Å². The second-order valence-corrected chi connectivity index (χ2v) is 4.35. The first-order valence-corrected chi connectivity index (χ1v) is 5.49. The van der Waals surface area contributed by atoms with E-state index in [0.717, 1.165) is 24.7 Å². The molecular formula is C6H14OS3. The van der Waals surface area contributed by atoms with Gasteiger partial charge in [0.15, 0.2) is 0 Å². The van der Waals surface area contributed by atoms with Crippen molar-refractivity contribution in [3.05, 3.63) is 0 Å². The molecule has 0 aromatic heterocycles. The Morgan fingerprint density at radius 3 is 2.80 bits per heavy atom. The summed E-state index contributed by atoms with van der Waals surface area (Å²) in [6.45, 7) is 3.63. The van der Waals surface area contributed by atoms with Gasteiger partial charge in [0.05, 0.1) is 11.2 Å². The first-order chi connectivity index (χ1) is 4.81. The molecule has 62 valence electrons. The Balaban J connectivity index is 2.89. The van der Waals surface area contributed by atoms with Gasteiger partial charge in [-0.25, -0.2) is 0 Å². The maximum atomic E-state index is 5.15. The molecule has 10 heavy (non-hydrogen) atoms. The number of hydrogen-bond acceptors (Lipinski definition) is 4. The molecule has 0 N–H and O–H groups in total. The highest BCUT2D eigenvalue weighted by molar-refractivity contribution is 8.11. The molecule has 0 spiro atoms. The smallest absolute Gasteiger partial charge is 0.0561 e. The molecular weight excluding hydrogens is 184 g/mol. The van der Waals surface area contributed by atoms with E-state index in [0.29, 0.717) is 4.58 Å². The van der Waals surface area contributed by atoms with Crippen LogP contribution in [0.2, 0.25) is 0 Å². The summed E-state index contributed by atoms with van der Waals surface area (Å²) in [6.07, 6.45) is 0. The maximum Gasteiger partial charge on any atom is 0.0561 e. The van der Waals surface area contributed by atoms with Gasteiger partial charge in [-0.15, -0.1) is 11.8 Å². The molecule has 0 saturated carbocycles. The van der Waals surface area contributed by atoms with Crippen molar-refractivity contribution in [1.29, 1.82) is 0 Å². The zero-order chi connectivity index (χ0) is 7.82. The number of rotatable bonds is 6. The zero-order valence-corrected chi connectivity index (χ0v) is 8.72. The van der Waals surface area contributed by atoms with Crippen molar-refractivity contribution in [3.8, 4) is 0 Å². The standard InChI is InChI=1S/C6H14OS3/c1-2-7-3-4-10-6(9)5-8/h6,8-9H,2-5H2,1H3. The minimum Gasteiger partial charge on any atom is -0.381 e. The minimum absolute atomic E-state index is 0.351. The highest BCUT2D eigenvalue weighted by atomic mass is 32.2. The van der Waals surface area contributed by atoms with Gasteiger partial charge in [-0.1, -0.05) is 0 Å². The van der Waals surface area contributed by atoms with Gasteiger partial charge in [-0.3, -0.25) is 0 Å². The molecule has 0 bridgehead atoms. The van der Waals surface area contributed by atoms with Crippen LogP contribution >= 0.6 is 37.0 Å². The zero-order valence-electron chi connectivity index (χ0n) is 6.12. The topological polar surface area (TPSA) is 9.23 Å². The van der Waals surface area contributed by atoms with Crippen LogP contribution in [0.1, 0.15) is 6.92 Å². The molecule has 0 saturated heterocycles. The van der Waals surface area contributed by atoms with E-state index >= 15 is 0 Å². The van der Waals surface area contributed by atoms with Crippen molar-refractivity contribution in [2.45, 2.75) is 11.5 Å². The third-order valence-corrected chi connectivity index (χ3v) is 3.38. The summed E-state index contributed by atoms with van der Waals surface area (Å²) in [5.41, 5.74) is 0. The third-order valence-electron chi connectivity index (χ3n) is 0.898. The van der Waals surface area contributed by atoms with Crippen LogP contribution in [0.5, 0.6) is 0 Å². The Morgan fingerprint density at radius 2 is 2.30 bits per heavy atom. The minimum atomic E-state index is 0.351. The predicted molar refractivity (Wildman–Crippen MR) is 55.6 cm³/mol. The molecule has 1 atom stereocenters. The van der Waals surface area contributed by atoms with Crippen LogP contribution in [0, 0.1) is 0 Å². The maximum absolute atomic E-state index is 5.15. The first kappa shape index (κ1) is 11.0. The van der Waals surface area contributed by atoms with Crippen molar-refractivity contribution in [1.82, 2.24) is 0 Å². The predicted octanol–water partition coefficient (Wildman–Crippen LogP) is 1.94. The normalized spacial score (nSPS) is 13.5. The average Bonchev–Trinajstić information content (AvgIpc) is 1.98. The van der Waals surface area contributed by atoms with Gasteiger partial charge in [-0.2, -0.15) is 25.3 Å². The van der Waals surface area contributed by atoms with Crippen LogP contribution < -0.4 is 0 Å². The van der Waals surface area contributed by atoms with Gasteiger partial charge in [0.1, 0.15) is 0 Å². The summed E-state index contributed by atoms with van der Waals surface area (Å²) >= 11 is 10.1. The van der Waals surface area contributed by atoms with Gasteiger partial charge < -0.3 is 4.74 Å². The molecule has 0 fully saturated rings. The lowest BCUT2D eigenvalue weighted by Gasteiger charge is -2.05. The Hall–Kier alpha value is 1.01. The summed E-state index contributed by atoms with van der Waals surface area (Å²) in [7, 11) is 0. The number of ether oxygens (including phenoxy) is 1. The summed E-state index contributed by atoms with van der Waals surface area (Å²) in [5, 5.41) is 0. The summed E-state index contributed by atoms with van der Waals surface area (Å²) in [6, 6.07) is 0. The first-order valence-electron chi connectivity index (χ1n) is 3.29. The second kappa shape index (κ2) is 8.11. The fraction of sp³-hybridized carbons (Fsp3) is 1.00. The van der Waals surface area contributed by atoms with E-state index in [1.54, 1.807) is 11.8 Å². The quantitative estimate of drug-likeness (QED) is 0.383. The summed E-state index contributed by atoms with van der Waals surface area (Å²) < 4.78 is 5.50. The summed E-state index contributed by atoms with van der Waals surface area (Å²) in [4.78, 5) is 0. The fourth-order valence-electron chi connectivity index (χ4n) is 0.440. The fourth-order valence-corrected chi connectivity index (χ4v) is 1.66. The molecule has 0 aliphatic carbocycles. The van der Waals surface area contributed by atoms with Gasteiger partial charge in [0.25, 0.3) is 0 Å². The van der Waals surface area contributed by atoms with E-state index < -0.39 is 0 Å². The van der Waals surface area contributed by atoms with E-state index in [1.807, 2.05) is 6.92 Å². The molecule has 0 aromatic rings. The lowest BCUT2D eigenvalue weighted by atomic mass is 10.8. The van der Waals surface area contributed by atoms with Crippen molar-refractivity contribution < 1.29 is 4.74 Å². The molecule has 0 amide bonds. The van der Waals surface area contributed by atoms with Crippen molar-refractivity contribution in [2.75, 3.05) is 24.7 Å². The summed E-state index contributed by atoms with van der Waals surface area (Å²) in [5.74, 6) is 1.84. The van der Waals surface area contributed by atoms with Crippen molar-refractivity contribution >= 4 is 37.0 Å². The molecule has 0 radical (unpaired) electrons. The average molecular weight is 198 g/mol. The molecule has 0 aliphatic rings. The number of thioether (sulfide) groups is 1. The van der Waals surface area contributed by atoms with E-state index in [4.69, 9.17) is 4.74 Å². The Bertz CT molecular complexity index is 70.0. The highest BCUT2D eigenvalue weighted by Crippen LogP contribution is 2.14. The SMILES string of the molecule is CCOCCSC(S)CS. The number of thiol groups is 2. The van der Waals surface area contributed by atoms with E-state index in [-0.39, 0.29) is 0 Å². The van der Waals surface area contributed by atoms with Crippen molar-refractivity contribution in [2.24, 2.45) is 0 Å². The monoisotopic (exact) mass is 198 g/mol. The highest BCUT2D eigenvalue weighted by Gasteiger charge is 1.98. The molecule has 1 nitrogen and oxygen atoms in total. The largest absolute Gasteiger partial charge is 0.381 e. The van der Waals surface area contributed by atoms with Gasteiger partial charge in [0.2, 0.25) is 0 Å². The van der Waals surface area contributed by atoms with Crippen LogP contribution in [-0.4, -0.2) is 29.3 Å². The third kappa shape index (κ3) is 7.12. The van der Waals surface area contributed by atoms with E-state index in [2.05, 4.69) is 25.3 Å². The second-order valence-electron chi connectivity index (χ2n) is 1.70. The Labute approximate surface area is 78.1 Å². The lowest BCUT2D eigenvalue weighted by Crippen LogP contribution is -2.01. The number of hydrogen-bond donors (Lipinski definition) is 2. The van der Waals surface area contributed by atoms with Gasteiger partial charge in [-0.05, 0) is 6.92 Å². The molecule has 0 rings (SSSR count). The van der Waals surface area contributed by atoms with Gasteiger partial charge >= 0.3 is 0 Å². The van der Waals surface area contributed by atoms with Crippen LogP contribution in [-0.2, 0) is 4.74 Å². The molecule has 0 aromatic carbocycles.